The normalized spacial score (nSPS) is 26.6. The third-order valence-electron chi connectivity index (χ3n) is 4.50. The molecule has 0 amide bonds. The van der Waals surface area contributed by atoms with Crippen LogP contribution in [0.25, 0.3) is 0 Å². The predicted octanol–water partition coefficient (Wildman–Crippen LogP) is 2.15. The highest BCUT2D eigenvalue weighted by Gasteiger charge is 2.42. The second-order valence-corrected chi connectivity index (χ2v) is 8.00. The van der Waals surface area contributed by atoms with Crippen LogP contribution in [-0.4, -0.2) is 31.6 Å². The number of benzene rings is 1. The zero-order chi connectivity index (χ0) is 15.2. The molecule has 0 spiro atoms. The highest BCUT2D eigenvalue weighted by atomic mass is 32.2. The molecule has 0 radical (unpaired) electrons. The zero-order valence-electron chi connectivity index (χ0n) is 12.2. The van der Waals surface area contributed by atoms with E-state index in [9.17, 15) is 13.2 Å². The fourth-order valence-corrected chi connectivity index (χ4v) is 4.81. The van der Waals surface area contributed by atoms with Gasteiger partial charge < -0.3 is 0 Å². The van der Waals surface area contributed by atoms with E-state index in [4.69, 9.17) is 0 Å². The van der Waals surface area contributed by atoms with Gasteiger partial charge in [0.15, 0.2) is 5.78 Å². The maximum atomic E-state index is 12.7. The van der Waals surface area contributed by atoms with Crippen molar-refractivity contribution in [2.24, 2.45) is 11.8 Å². The quantitative estimate of drug-likeness (QED) is 0.841. The number of nitrogens with zero attached hydrogens (tertiary/aromatic N) is 1. The fraction of sp³-hybridized carbons (Fsp3) is 0.438. The van der Waals surface area contributed by atoms with E-state index < -0.39 is 10.0 Å². The molecule has 0 aromatic heterocycles. The minimum Gasteiger partial charge on any atom is -0.295 e. The number of carbonyl (C=O) groups is 1. The molecular weight excluding hydrogens is 286 g/mol. The maximum Gasteiger partial charge on any atom is 0.243 e. The van der Waals surface area contributed by atoms with Crippen LogP contribution >= 0.6 is 0 Å². The van der Waals surface area contributed by atoms with Crippen molar-refractivity contribution in [1.82, 2.24) is 4.31 Å². The van der Waals surface area contributed by atoms with Crippen molar-refractivity contribution >= 4 is 15.8 Å². The SMILES string of the molecule is CC1=CC(=O)C[C@@H]2CN(S(=O)(=O)c3ccc(C)cc3)C[C@H]12. The minimum absolute atomic E-state index is 0.114. The molecule has 21 heavy (non-hydrogen) atoms. The Kier molecular flexibility index (Phi) is 3.50. The highest BCUT2D eigenvalue weighted by molar-refractivity contribution is 7.89. The first-order chi connectivity index (χ1) is 9.88. The van der Waals surface area contributed by atoms with Gasteiger partial charge in [0, 0.05) is 19.5 Å². The van der Waals surface area contributed by atoms with Crippen LogP contribution in [0.3, 0.4) is 0 Å². The molecule has 2 atom stereocenters. The molecule has 1 aliphatic heterocycles. The van der Waals surface area contributed by atoms with Crippen molar-refractivity contribution in [3.05, 3.63) is 41.5 Å². The van der Waals surface area contributed by atoms with Crippen LogP contribution in [0.4, 0.5) is 0 Å². The van der Waals surface area contributed by atoms with E-state index in [-0.39, 0.29) is 17.6 Å². The van der Waals surface area contributed by atoms with Gasteiger partial charge in [0.1, 0.15) is 0 Å². The zero-order valence-corrected chi connectivity index (χ0v) is 13.1. The van der Waals surface area contributed by atoms with E-state index >= 15 is 0 Å². The average molecular weight is 305 g/mol. The van der Waals surface area contributed by atoms with E-state index in [0.29, 0.717) is 24.4 Å². The summed E-state index contributed by atoms with van der Waals surface area (Å²) >= 11 is 0. The highest BCUT2D eigenvalue weighted by Crippen LogP contribution is 2.37. The average Bonchev–Trinajstić information content (AvgIpc) is 2.84. The number of aryl methyl sites for hydroxylation is 1. The number of sulfonamides is 1. The lowest BCUT2D eigenvalue weighted by Gasteiger charge is -2.22. The molecule has 0 saturated carbocycles. The van der Waals surface area contributed by atoms with Gasteiger partial charge in [-0.05, 0) is 43.9 Å². The Bertz CT molecular complexity index is 704. The minimum atomic E-state index is -3.46. The number of hydrogen-bond donors (Lipinski definition) is 0. The fourth-order valence-electron chi connectivity index (χ4n) is 3.29. The molecule has 0 bridgehead atoms. The second-order valence-electron chi connectivity index (χ2n) is 6.06. The molecule has 0 N–H and O–H groups in total. The molecule has 1 saturated heterocycles. The van der Waals surface area contributed by atoms with Crippen LogP contribution in [0.1, 0.15) is 18.9 Å². The van der Waals surface area contributed by atoms with E-state index in [1.807, 2.05) is 26.0 Å². The lowest BCUT2D eigenvalue weighted by atomic mass is 9.81. The van der Waals surface area contributed by atoms with Crippen LogP contribution < -0.4 is 0 Å². The number of rotatable bonds is 2. The van der Waals surface area contributed by atoms with E-state index in [1.165, 1.54) is 4.31 Å². The largest absolute Gasteiger partial charge is 0.295 e. The van der Waals surface area contributed by atoms with Crippen molar-refractivity contribution in [2.75, 3.05) is 13.1 Å². The van der Waals surface area contributed by atoms with Crippen molar-refractivity contribution in [2.45, 2.75) is 25.2 Å². The standard InChI is InChI=1S/C16H19NO3S/c1-11-3-5-15(6-4-11)21(19,20)17-9-13-8-14(18)7-12(2)16(13)10-17/h3-7,13,16H,8-10H2,1-2H3/t13-,16-/m1/s1. The Morgan fingerprint density at radius 3 is 2.43 bits per heavy atom. The Morgan fingerprint density at radius 1 is 1.10 bits per heavy atom. The molecule has 4 nitrogen and oxygen atoms in total. The molecule has 1 aromatic carbocycles. The van der Waals surface area contributed by atoms with E-state index in [1.54, 1.807) is 18.2 Å². The summed E-state index contributed by atoms with van der Waals surface area (Å²) in [4.78, 5) is 12.0. The first-order valence-electron chi connectivity index (χ1n) is 7.16. The molecule has 0 unspecified atom stereocenters. The summed E-state index contributed by atoms with van der Waals surface area (Å²) in [5.41, 5.74) is 2.05. The van der Waals surface area contributed by atoms with E-state index in [0.717, 1.165) is 11.1 Å². The van der Waals surface area contributed by atoms with E-state index in [2.05, 4.69) is 0 Å². The number of allylic oxidation sites excluding steroid dienone is 1. The van der Waals surface area contributed by atoms with Gasteiger partial charge in [0.25, 0.3) is 0 Å². The summed E-state index contributed by atoms with van der Waals surface area (Å²) < 4.78 is 26.9. The van der Waals surface area contributed by atoms with Crippen LogP contribution in [0, 0.1) is 18.8 Å². The Morgan fingerprint density at radius 2 is 1.76 bits per heavy atom. The molecular formula is C16H19NO3S. The topological polar surface area (TPSA) is 54.5 Å². The molecule has 1 aromatic rings. The summed E-state index contributed by atoms with van der Waals surface area (Å²) in [7, 11) is -3.46. The van der Waals surface area contributed by atoms with Gasteiger partial charge in [-0.15, -0.1) is 0 Å². The summed E-state index contributed by atoms with van der Waals surface area (Å²) in [5, 5.41) is 0. The molecule has 3 rings (SSSR count). The second kappa shape index (κ2) is 5.07. The van der Waals surface area contributed by atoms with Gasteiger partial charge >= 0.3 is 0 Å². The summed E-state index contributed by atoms with van der Waals surface area (Å²) in [5.74, 6) is 0.425. The summed E-state index contributed by atoms with van der Waals surface area (Å²) in [6, 6.07) is 6.93. The van der Waals surface area contributed by atoms with Gasteiger partial charge in [0.05, 0.1) is 4.90 Å². The Balaban J connectivity index is 1.88. The smallest absolute Gasteiger partial charge is 0.243 e. The summed E-state index contributed by atoms with van der Waals surface area (Å²) in [6.07, 6.45) is 2.13. The van der Waals surface area contributed by atoms with Crippen LogP contribution in [0.5, 0.6) is 0 Å². The number of hydrogen-bond acceptors (Lipinski definition) is 3. The third kappa shape index (κ3) is 2.56. The number of carbonyl (C=O) groups excluding carboxylic acids is 1. The Labute approximate surface area is 125 Å². The van der Waals surface area contributed by atoms with Gasteiger partial charge in [-0.3, -0.25) is 4.79 Å². The summed E-state index contributed by atoms with van der Waals surface area (Å²) in [6.45, 7) is 4.78. The lowest BCUT2D eigenvalue weighted by Crippen LogP contribution is -2.29. The molecule has 5 heteroatoms. The number of fused-ring (bicyclic) bond motifs is 1. The molecule has 2 aliphatic rings. The van der Waals surface area contributed by atoms with Gasteiger partial charge in [-0.2, -0.15) is 4.31 Å². The van der Waals surface area contributed by atoms with Gasteiger partial charge in [0.2, 0.25) is 10.0 Å². The van der Waals surface area contributed by atoms with Crippen molar-refractivity contribution in [3.8, 4) is 0 Å². The number of ketones is 1. The van der Waals surface area contributed by atoms with Crippen molar-refractivity contribution < 1.29 is 13.2 Å². The lowest BCUT2D eigenvalue weighted by molar-refractivity contribution is -0.116. The first-order valence-corrected chi connectivity index (χ1v) is 8.60. The van der Waals surface area contributed by atoms with Crippen LogP contribution in [0.2, 0.25) is 0 Å². The maximum absolute atomic E-state index is 12.7. The molecule has 1 heterocycles. The predicted molar refractivity (Wildman–Crippen MR) is 80.3 cm³/mol. The van der Waals surface area contributed by atoms with Crippen molar-refractivity contribution in [3.63, 3.8) is 0 Å². The van der Waals surface area contributed by atoms with Gasteiger partial charge in [-0.1, -0.05) is 23.3 Å². The Hall–Kier alpha value is -1.46. The molecule has 112 valence electrons. The molecule has 1 aliphatic carbocycles. The molecule has 1 fully saturated rings. The third-order valence-corrected chi connectivity index (χ3v) is 6.35. The van der Waals surface area contributed by atoms with Gasteiger partial charge in [-0.25, -0.2) is 8.42 Å². The monoisotopic (exact) mass is 305 g/mol. The van der Waals surface area contributed by atoms with Crippen molar-refractivity contribution in [1.29, 1.82) is 0 Å². The first kappa shape index (κ1) is 14.5. The van der Waals surface area contributed by atoms with Crippen LogP contribution in [-0.2, 0) is 14.8 Å². The van der Waals surface area contributed by atoms with Crippen LogP contribution in [0.15, 0.2) is 40.8 Å².